The van der Waals surface area contributed by atoms with Gasteiger partial charge in [0.2, 0.25) is 0 Å². The van der Waals surface area contributed by atoms with E-state index in [4.69, 9.17) is 0 Å². The van der Waals surface area contributed by atoms with Crippen LogP contribution in [0.5, 0.6) is 0 Å². The van der Waals surface area contributed by atoms with Crippen LogP contribution in [-0.4, -0.2) is 9.13 Å². The van der Waals surface area contributed by atoms with Gasteiger partial charge in [-0.25, -0.2) is 0 Å². The minimum Gasteiger partial charge on any atom is -0.308 e. The molecule has 0 amide bonds. The minimum absolute atomic E-state index is 1.15. The topological polar surface area (TPSA) is 9.86 Å². The molecule has 2 nitrogen and oxygen atoms in total. The molecule has 2 aromatic heterocycles. The molecule has 352 valence electrons. The molecule has 0 bridgehead atoms. The summed E-state index contributed by atoms with van der Waals surface area (Å²) in [6.07, 6.45) is 0. The molecule has 0 spiro atoms. The van der Waals surface area contributed by atoms with Gasteiger partial charge in [0.1, 0.15) is 0 Å². The molecule has 0 unspecified atom stereocenters. The molecule has 0 saturated carbocycles. The third-order valence-corrected chi connectivity index (χ3v) is 16.2. The monoisotopic (exact) mass is 962 g/mol. The number of aromatic nitrogens is 2. The van der Waals surface area contributed by atoms with Crippen LogP contribution in [0.3, 0.4) is 0 Å². The van der Waals surface area contributed by atoms with Crippen LogP contribution in [0.2, 0.25) is 0 Å². The molecule has 0 atom stereocenters. The average molecular weight is 963 g/mol. The van der Waals surface area contributed by atoms with Crippen LogP contribution in [0.15, 0.2) is 279 Å². The van der Waals surface area contributed by atoms with E-state index in [0.29, 0.717) is 0 Å². The first kappa shape index (κ1) is 42.5. The lowest BCUT2D eigenvalue weighted by Crippen LogP contribution is -2.02. The Balaban J connectivity index is 1.02. The Morgan fingerprint density at radius 3 is 0.829 bits per heavy atom. The normalized spacial score (nSPS) is 11.9. The van der Waals surface area contributed by atoms with Crippen molar-refractivity contribution >= 4 is 97.2 Å². The summed E-state index contributed by atoms with van der Waals surface area (Å²) in [5.74, 6) is 0. The van der Waals surface area contributed by atoms with Gasteiger partial charge in [-0.15, -0.1) is 0 Å². The maximum Gasteiger partial charge on any atom is 0.0619 e. The fraction of sp³-hybridized carbons (Fsp3) is 0. The third kappa shape index (κ3) is 6.47. The number of benzene rings is 14. The molecule has 0 aliphatic carbocycles. The van der Waals surface area contributed by atoms with Crippen LogP contribution in [0.25, 0.3) is 153 Å². The predicted molar refractivity (Wildman–Crippen MR) is 324 cm³/mol. The van der Waals surface area contributed by atoms with Crippen LogP contribution in [-0.2, 0) is 0 Å². The minimum atomic E-state index is 1.15. The zero-order valence-electron chi connectivity index (χ0n) is 41.5. The Kier molecular flexibility index (Phi) is 9.37. The highest BCUT2D eigenvalue weighted by Crippen LogP contribution is 2.49. The van der Waals surface area contributed by atoms with Crippen molar-refractivity contribution in [1.82, 2.24) is 9.13 Å². The van der Waals surface area contributed by atoms with E-state index in [9.17, 15) is 0 Å². The van der Waals surface area contributed by atoms with E-state index < -0.39 is 0 Å². The van der Waals surface area contributed by atoms with Gasteiger partial charge in [-0.3, -0.25) is 0 Å². The zero-order valence-corrected chi connectivity index (χ0v) is 41.5. The van der Waals surface area contributed by atoms with Crippen LogP contribution >= 0.6 is 0 Å². The van der Waals surface area contributed by atoms with Crippen LogP contribution in [0.1, 0.15) is 0 Å². The van der Waals surface area contributed by atoms with E-state index in [-0.39, 0.29) is 0 Å². The second kappa shape index (κ2) is 16.8. The second-order valence-corrected chi connectivity index (χ2v) is 20.4. The number of rotatable bonds is 6. The van der Waals surface area contributed by atoms with Gasteiger partial charge in [0.25, 0.3) is 0 Å². The summed E-state index contributed by atoms with van der Waals surface area (Å²) in [6.45, 7) is 0. The predicted octanol–water partition coefficient (Wildman–Crippen LogP) is 20.3. The number of hydrogen-bond acceptors (Lipinski definition) is 0. The highest BCUT2D eigenvalue weighted by molar-refractivity contribution is 6.23. The quantitative estimate of drug-likeness (QED) is 0.147. The van der Waals surface area contributed by atoms with Gasteiger partial charge in [-0.1, -0.05) is 231 Å². The third-order valence-electron chi connectivity index (χ3n) is 16.2. The van der Waals surface area contributed by atoms with Crippen molar-refractivity contribution in [2.24, 2.45) is 0 Å². The molecule has 0 aliphatic heterocycles. The van der Waals surface area contributed by atoms with Crippen molar-refractivity contribution < 1.29 is 0 Å². The Bertz CT molecular complexity index is 4750. The summed E-state index contributed by atoms with van der Waals surface area (Å²) >= 11 is 0. The Morgan fingerprint density at radius 2 is 0.461 bits per heavy atom. The summed E-state index contributed by atoms with van der Waals surface area (Å²) < 4.78 is 5.14. The maximum atomic E-state index is 2.57. The van der Waals surface area contributed by atoms with Crippen molar-refractivity contribution in [3.05, 3.63) is 279 Å². The van der Waals surface area contributed by atoms with Gasteiger partial charge < -0.3 is 9.13 Å². The molecule has 2 heterocycles. The summed E-state index contributed by atoms with van der Waals surface area (Å²) in [5.41, 5.74) is 14.2. The highest BCUT2D eigenvalue weighted by atomic mass is 15.0. The molecular weight excluding hydrogens is 917 g/mol. The lowest BCUT2D eigenvalue weighted by molar-refractivity contribution is 1.15. The molecule has 0 N–H and O–H groups in total. The summed E-state index contributed by atoms with van der Waals surface area (Å²) in [6, 6.07) is 104. The Hall–Kier alpha value is -10.0. The molecule has 76 heavy (non-hydrogen) atoms. The summed E-state index contributed by atoms with van der Waals surface area (Å²) in [7, 11) is 0. The van der Waals surface area contributed by atoms with E-state index in [0.717, 1.165) is 11.4 Å². The van der Waals surface area contributed by atoms with E-state index in [1.165, 1.54) is 142 Å². The first-order valence-corrected chi connectivity index (χ1v) is 26.3. The Morgan fingerprint density at radius 1 is 0.184 bits per heavy atom. The first-order chi connectivity index (χ1) is 37.7. The Labute approximate surface area is 439 Å². The summed E-state index contributed by atoms with van der Waals surface area (Å²) in [5, 5.41) is 19.4. The van der Waals surface area contributed by atoms with Gasteiger partial charge in [0, 0.05) is 32.7 Å². The first-order valence-electron chi connectivity index (χ1n) is 26.3. The van der Waals surface area contributed by atoms with Crippen molar-refractivity contribution in [1.29, 1.82) is 0 Å². The number of fused-ring (bicyclic) bond motifs is 11. The summed E-state index contributed by atoms with van der Waals surface area (Å²) in [4.78, 5) is 0. The number of nitrogens with zero attached hydrogens (tertiary/aromatic N) is 2. The zero-order chi connectivity index (χ0) is 49.8. The average Bonchev–Trinajstić information content (AvgIpc) is 4.15. The molecule has 0 aliphatic rings. The molecule has 0 radical (unpaired) electrons. The van der Waals surface area contributed by atoms with E-state index in [1.807, 2.05) is 0 Å². The standard InChI is InChI=1S/C74H46N2/c1-5-21-51-41-55(37-33-47(51)17-1)71-63-29-13-15-31-67(63)75(73(71)57-39-35-49-19-3-7-23-53(49)43-57)69-45-65-60-26-10-12-28-62(60)70(46-66(65)59-25-9-11-27-61(59)69)76-68-32-16-14-30-64(68)72(56-38-34-48-18-2-6-22-52(48)42-56)74(76)58-40-36-50-20-4-8-24-54(50)44-58/h1-46H. The molecule has 14 aromatic carbocycles. The molecule has 16 rings (SSSR count). The van der Waals surface area contributed by atoms with Crippen molar-refractivity contribution in [2.45, 2.75) is 0 Å². The molecule has 2 heteroatoms. The lowest BCUT2D eigenvalue weighted by Gasteiger charge is -2.21. The van der Waals surface area contributed by atoms with E-state index >= 15 is 0 Å². The largest absolute Gasteiger partial charge is 0.308 e. The van der Waals surface area contributed by atoms with Gasteiger partial charge in [0.05, 0.1) is 33.8 Å². The van der Waals surface area contributed by atoms with E-state index in [2.05, 4.69) is 288 Å². The van der Waals surface area contributed by atoms with Crippen LogP contribution in [0, 0.1) is 0 Å². The molecule has 0 saturated heterocycles. The molecular formula is C74H46N2. The van der Waals surface area contributed by atoms with Crippen molar-refractivity contribution in [3.63, 3.8) is 0 Å². The fourth-order valence-corrected chi connectivity index (χ4v) is 12.8. The second-order valence-electron chi connectivity index (χ2n) is 20.4. The molecule has 16 aromatic rings. The number of para-hydroxylation sites is 2. The van der Waals surface area contributed by atoms with Gasteiger partial charge in [-0.05, 0) is 135 Å². The maximum absolute atomic E-state index is 2.57. The van der Waals surface area contributed by atoms with Gasteiger partial charge in [0.15, 0.2) is 0 Å². The fourth-order valence-electron chi connectivity index (χ4n) is 12.8. The van der Waals surface area contributed by atoms with Crippen LogP contribution < -0.4 is 0 Å². The van der Waals surface area contributed by atoms with Crippen LogP contribution in [0.4, 0.5) is 0 Å². The van der Waals surface area contributed by atoms with Gasteiger partial charge in [-0.2, -0.15) is 0 Å². The van der Waals surface area contributed by atoms with Crippen molar-refractivity contribution in [3.8, 4) is 56.1 Å². The van der Waals surface area contributed by atoms with E-state index in [1.54, 1.807) is 0 Å². The smallest absolute Gasteiger partial charge is 0.0619 e. The van der Waals surface area contributed by atoms with Crippen molar-refractivity contribution in [2.75, 3.05) is 0 Å². The van der Waals surface area contributed by atoms with Gasteiger partial charge >= 0.3 is 0 Å². The SMILES string of the molecule is c1ccc2cc(-c3c(-c4ccc5ccccc5c4)n(-c4cc5c6ccccc6c(-n6c(-c7ccc8ccccc8c7)c(-c7ccc8ccccc8c7)c7ccccc76)cc5c5ccccc45)c4ccccc34)ccc2c1. The lowest BCUT2D eigenvalue weighted by atomic mass is 9.93. The molecule has 0 fully saturated rings. The number of hydrogen-bond donors (Lipinski definition) is 0. The highest BCUT2D eigenvalue weighted by Gasteiger charge is 2.27.